The highest BCUT2D eigenvalue weighted by molar-refractivity contribution is 5.62. The first kappa shape index (κ1) is 13.3. The fourth-order valence-electron chi connectivity index (χ4n) is 2.31. The van der Waals surface area contributed by atoms with E-state index in [1.165, 1.54) is 11.9 Å². The van der Waals surface area contributed by atoms with Gasteiger partial charge in [0.2, 0.25) is 0 Å². The summed E-state index contributed by atoms with van der Waals surface area (Å²) in [4.78, 5) is 8.21. The molecule has 5 heteroatoms. The first-order valence-electron chi connectivity index (χ1n) is 6.92. The van der Waals surface area contributed by atoms with Gasteiger partial charge in [0.05, 0.1) is 0 Å². The van der Waals surface area contributed by atoms with E-state index in [9.17, 15) is 0 Å². The maximum Gasteiger partial charge on any atom is 0.155 e. The van der Waals surface area contributed by atoms with Crippen LogP contribution in [0.25, 0.3) is 11.4 Å². The van der Waals surface area contributed by atoms with Crippen LogP contribution < -0.4 is 5.32 Å². The minimum Gasteiger partial charge on any atom is -0.382 e. The van der Waals surface area contributed by atoms with Gasteiger partial charge in [0.15, 0.2) is 5.82 Å². The lowest BCUT2D eigenvalue weighted by Gasteiger charge is -2.15. The molecule has 106 valence electrons. The van der Waals surface area contributed by atoms with Crippen molar-refractivity contribution in [2.24, 2.45) is 0 Å². The standard InChI is InChI=1S/C16H17N5/c1-12(9-13-5-7-17-8-6-13)20-15-4-2-3-14(10-15)16-18-11-19-21-16/h2-8,10-12,20H,9H2,1H3,(H,18,19,21)/t12-/m1/s1. The van der Waals surface area contributed by atoms with Gasteiger partial charge in [-0.1, -0.05) is 12.1 Å². The van der Waals surface area contributed by atoms with Gasteiger partial charge in [-0.2, -0.15) is 5.10 Å². The molecule has 3 rings (SSSR count). The number of hydrogen-bond acceptors (Lipinski definition) is 4. The number of H-pyrrole nitrogens is 1. The third-order valence-corrected chi connectivity index (χ3v) is 3.26. The number of nitrogens with zero attached hydrogens (tertiary/aromatic N) is 3. The van der Waals surface area contributed by atoms with Crippen LogP contribution in [-0.2, 0) is 6.42 Å². The van der Waals surface area contributed by atoms with Gasteiger partial charge >= 0.3 is 0 Å². The molecule has 5 nitrogen and oxygen atoms in total. The van der Waals surface area contributed by atoms with Crippen molar-refractivity contribution in [1.29, 1.82) is 0 Å². The summed E-state index contributed by atoms with van der Waals surface area (Å²) in [6.07, 6.45) is 6.12. The van der Waals surface area contributed by atoms with E-state index >= 15 is 0 Å². The first-order valence-corrected chi connectivity index (χ1v) is 6.92. The van der Waals surface area contributed by atoms with Gasteiger partial charge in [0.1, 0.15) is 6.33 Å². The van der Waals surface area contributed by atoms with E-state index in [1.54, 1.807) is 0 Å². The van der Waals surface area contributed by atoms with Crippen molar-refractivity contribution in [3.05, 3.63) is 60.7 Å². The van der Waals surface area contributed by atoms with Crippen LogP contribution in [-0.4, -0.2) is 26.2 Å². The van der Waals surface area contributed by atoms with Gasteiger partial charge in [-0.05, 0) is 43.2 Å². The van der Waals surface area contributed by atoms with Gasteiger partial charge in [-0.3, -0.25) is 10.1 Å². The fourth-order valence-corrected chi connectivity index (χ4v) is 2.31. The first-order chi connectivity index (χ1) is 10.3. The normalized spacial score (nSPS) is 12.0. The van der Waals surface area contributed by atoms with E-state index in [0.717, 1.165) is 23.5 Å². The molecule has 1 atom stereocenters. The Kier molecular flexibility index (Phi) is 3.91. The topological polar surface area (TPSA) is 66.5 Å². The van der Waals surface area contributed by atoms with Crippen molar-refractivity contribution in [3.63, 3.8) is 0 Å². The van der Waals surface area contributed by atoms with E-state index < -0.39 is 0 Å². The van der Waals surface area contributed by atoms with E-state index in [4.69, 9.17) is 0 Å². The molecule has 0 bridgehead atoms. The third-order valence-electron chi connectivity index (χ3n) is 3.26. The molecule has 21 heavy (non-hydrogen) atoms. The summed E-state index contributed by atoms with van der Waals surface area (Å²) < 4.78 is 0. The summed E-state index contributed by atoms with van der Waals surface area (Å²) >= 11 is 0. The van der Waals surface area contributed by atoms with E-state index in [0.29, 0.717) is 6.04 Å². The minimum absolute atomic E-state index is 0.331. The average molecular weight is 279 g/mol. The highest BCUT2D eigenvalue weighted by Gasteiger charge is 2.06. The Morgan fingerprint density at radius 3 is 2.81 bits per heavy atom. The van der Waals surface area contributed by atoms with E-state index in [-0.39, 0.29) is 0 Å². The molecule has 0 aliphatic carbocycles. The minimum atomic E-state index is 0.331. The van der Waals surface area contributed by atoms with Gasteiger partial charge < -0.3 is 5.32 Å². The SMILES string of the molecule is C[C@H](Cc1ccncc1)Nc1cccc(-c2ncn[nH]2)c1. The molecule has 0 aliphatic rings. The second-order valence-electron chi connectivity index (χ2n) is 5.02. The van der Waals surface area contributed by atoms with Crippen LogP contribution in [0.4, 0.5) is 5.69 Å². The van der Waals surface area contributed by atoms with E-state index in [1.807, 2.05) is 36.7 Å². The van der Waals surface area contributed by atoms with Crippen LogP contribution in [0.3, 0.4) is 0 Å². The molecule has 0 spiro atoms. The van der Waals surface area contributed by atoms with Gasteiger partial charge in [0, 0.05) is 29.7 Å². The number of aromatic amines is 1. The molecule has 2 N–H and O–H groups in total. The molecule has 3 aromatic rings. The predicted molar refractivity (Wildman–Crippen MR) is 82.8 cm³/mol. The molecule has 2 heterocycles. The maximum atomic E-state index is 4.17. The third kappa shape index (κ3) is 3.45. The van der Waals surface area contributed by atoms with Crippen LogP contribution in [0.15, 0.2) is 55.1 Å². The van der Waals surface area contributed by atoms with Crippen molar-refractivity contribution in [1.82, 2.24) is 20.2 Å². The molecular weight excluding hydrogens is 262 g/mol. The summed E-state index contributed by atoms with van der Waals surface area (Å²) in [6.45, 7) is 2.17. The van der Waals surface area contributed by atoms with Crippen molar-refractivity contribution in [2.45, 2.75) is 19.4 Å². The zero-order valence-electron chi connectivity index (χ0n) is 11.8. The molecule has 0 radical (unpaired) electrons. The number of nitrogens with one attached hydrogen (secondary N) is 2. The lowest BCUT2D eigenvalue weighted by Crippen LogP contribution is -2.18. The number of hydrogen-bond donors (Lipinski definition) is 2. The number of rotatable bonds is 5. The maximum absolute atomic E-state index is 4.17. The lowest BCUT2D eigenvalue weighted by atomic mass is 10.1. The van der Waals surface area contributed by atoms with Gasteiger partial charge in [-0.15, -0.1) is 0 Å². The second-order valence-corrected chi connectivity index (χ2v) is 5.02. The summed E-state index contributed by atoms with van der Waals surface area (Å²) in [5, 5.41) is 10.3. The fraction of sp³-hybridized carbons (Fsp3) is 0.188. The molecule has 0 saturated heterocycles. The molecule has 2 aromatic heterocycles. The van der Waals surface area contributed by atoms with Crippen molar-refractivity contribution >= 4 is 5.69 Å². The summed E-state index contributed by atoms with van der Waals surface area (Å²) in [7, 11) is 0. The van der Waals surface area contributed by atoms with Crippen LogP contribution in [0, 0.1) is 0 Å². The van der Waals surface area contributed by atoms with Crippen LogP contribution >= 0.6 is 0 Å². The molecule has 0 saturated carbocycles. The monoisotopic (exact) mass is 279 g/mol. The number of benzene rings is 1. The largest absolute Gasteiger partial charge is 0.382 e. The molecule has 0 aliphatic heterocycles. The summed E-state index contributed by atoms with van der Waals surface area (Å²) in [6, 6.07) is 12.6. The predicted octanol–water partition coefficient (Wildman–Crippen LogP) is 2.91. The van der Waals surface area contributed by atoms with Crippen molar-refractivity contribution in [2.75, 3.05) is 5.32 Å². The number of pyridine rings is 1. The zero-order valence-corrected chi connectivity index (χ0v) is 11.8. The second kappa shape index (κ2) is 6.17. The average Bonchev–Trinajstić information content (AvgIpc) is 3.02. The van der Waals surface area contributed by atoms with Crippen LogP contribution in [0.5, 0.6) is 0 Å². The quantitative estimate of drug-likeness (QED) is 0.753. The smallest absolute Gasteiger partial charge is 0.155 e. The molecule has 1 aromatic carbocycles. The zero-order chi connectivity index (χ0) is 14.5. The Labute approximate surface area is 123 Å². The van der Waals surface area contributed by atoms with Gasteiger partial charge in [-0.25, -0.2) is 4.98 Å². The van der Waals surface area contributed by atoms with Crippen molar-refractivity contribution < 1.29 is 0 Å². The Hall–Kier alpha value is -2.69. The summed E-state index contributed by atoms with van der Waals surface area (Å²) in [5.41, 5.74) is 3.37. The molecule has 0 amide bonds. The van der Waals surface area contributed by atoms with Gasteiger partial charge in [0.25, 0.3) is 0 Å². The number of aromatic nitrogens is 4. The highest BCUT2D eigenvalue weighted by Crippen LogP contribution is 2.19. The van der Waals surface area contributed by atoms with Crippen LogP contribution in [0.2, 0.25) is 0 Å². The molecule has 0 fully saturated rings. The number of anilines is 1. The summed E-state index contributed by atoms with van der Waals surface area (Å²) in [5.74, 6) is 0.778. The lowest BCUT2D eigenvalue weighted by molar-refractivity contribution is 0.789. The van der Waals surface area contributed by atoms with Crippen LogP contribution in [0.1, 0.15) is 12.5 Å². The Morgan fingerprint density at radius 1 is 1.19 bits per heavy atom. The van der Waals surface area contributed by atoms with Crippen molar-refractivity contribution in [3.8, 4) is 11.4 Å². The molecular formula is C16H17N5. The Morgan fingerprint density at radius 2 is 2.05 bits per heavy atom. The Bertz CT molecular complexity index is 679. The molecule has 0 unspecified atom stereocenters. The highest BCUT2D eigenvalue weighted by atomic mass is 15.2. The Balaban J connectivity index is 1.69. The van der Waals surface area contributed by atoms with E-state index in [2.05, 4.69) is 44.5 Å².